The minimum Gasteiger partial charge on any atom is -0.356 e. The van der Waals surface area contributed by atoms with E-state index in [0.29, 0.717) is 0 Å². The van der Waals surface area contributed by atoms with Gasteiger partial charge in [0, 0.05) is 13.6 Å². The lowest BCUT2D eigenvalue weighted by Gasteiger charge is -2.18. The van der Waals surface area contributed by atoms with Gasteiger partial charge in [0.15, 0.2) is 5.96 Å². The first-order valence-electron chi connectivity index (χ1n) is 7.38. The standard InChI is InChI=1S/C17H27N3/c1-5-7-8-13-19-17(18-4)20-14(3)16-11-9-15(6-2)10-12-16/h5,7,9-12,14H,6,8,13H2,1-4H3,(H2,18,19,20)/b7-5+. The fourth-order valence-electron chi connectivity index (χ4n) is 1.97. The summed E-state index contributed by atoms with van der Waals surface area (Å²) in [7, 11) is 1.80. The summed E-state index contributed by atoms with van der Waals surface area (Å²) >= 11 is 0. The van der Waals surface area contributed by atoms with Crippen LogP contribution < -0.4 is 10.6 Å². The molecule has 0 aromatic heterocycles. The van der Waals surface area contributed by atoms with E-state index in [9.17, 15) is 0 Å². The molecular weight excluding hydrogens is 246 g/mol. The highest BCUT2D eigenvalue weighted by atomic mass is 15.2. The Morgan fingerprint density at radius 3 is 2.55 bits per heavy atom. The zero-order valence-corrected chi connectivity index (χ0v) is 13.1. The molecule has 0 bridgehead atoms. The highest BCUT2D eigenvalue weighted by molar-refractivity contribution is 5.80. The first-order valence-corrected chi connectivity index (χ1v) is 7.38. The van der Waals surface area contributed by atoms with Crippen LogP contribution in [0.15, 0.2) is 41.4 Å². The molecule has 3 nitrogen and oxygen atoms in total. The number of benzene rings is 1. The van der Waals surface area contributed by atoms with E-state index in [1.807, 2.05) is 6.92 Å². The van der Waals surface area contributed by atoms with Crippen LogP contribution in [0, 0.1) is 0 Å². The molecule has 0 saturated carbocycles. The second-order valence-electron chi connectivity index (χ2n) is 4.82. The van der Waals surface area contributed by atoms with Crippen molar-refractivity contribution >= 4 is 5.96 Å². The van der Waals surface area contributed by atoms with E-state index in [0.717, 1.165) is 25.3 Å². The third-order valence-corrected chi connectivity index (χ3v) is 3.30. The van der Waals surface area contributed by atoms with E-state index in [4.69, 9.17) is 0 Å². The average Bonchev–Trinajstić information content (AvgIpc) is 2.50. The topological polar surface area (TPSA) is 36.4 Å². The van der Waals surface area contributed by atoms with Gasteiger partial charge in [-0.25, -0.2) is 0 Å². The molecule has 0 aliphatic heterocycles. The van der Waals surface area contributed by atoms with Crippen LogP contribution in [0.1, 0.15) is 44.4 Å². The van der Waals surface area contributed by atoms with Crippen molar-refractivity contribution in [2.75, 3.05) is 13.6 Å². The van der Waals surface area contributed by atoms with Gasteiger partial charge in [-0.1, -0.05) is 43.3 Å². The maximum atomic E-state index is 4.26. The predicted octanol–water partition coefficient (Wildman–Crippen LogP) is 3.44. The van der Waals surface area contributed by atoms with Gasteiger partial charge < -0.3 is 10.6 Å². The lowest BCUT2D eigenvalue weighted by molar-refractivity contribution is 0.685. The summed E-state index contributed by atoms with van der Waals surface area (Å²) in [5.41, 5.74) is 2.65. The third-order valence-electron chi connectivity index (χ3n) is 3.30. The lowest BCUT2D eigenvalue weighted by Crippen LogP contribution is -2.39. The molecule has 1 aromatic rings. The third kappa shape index (κ3) is 5.47. The van der Waals surface area contributed by atoms with E-state index in [1.165, 1.54) is 11.1 Å². The fourth-order valence-corrected chi connectivity index (χ4v) is 1.97. The van der Waals surface area contributed by atoms with Gasteiger partial charge in [-0.3, -0.25) is 4.99 Å². The summed E-state index contributed by atoms with van der Waals surface area (Å²) in [5, 5.41) is 6.73. The summed E-state index contributed by atoms with van der Waals surface area (Å²) in [6.45, 7) is 7.26. The number of rotatable bonds is 6. The molecule has 0 heterocycles. The fraction of sp³-hybridized carbons (Fsp3) is 0.471. The number of nitrogens with zero attached hydrogens (tertiary/aromatic N) is 1. The van der Waals surface area contributed by atoms with Gasteiger partial charge in [-0.15, -0.1) is 0 Å². The Morgan fingerprint density at radius 1 is 1.30 bits per heavy atom. The molecule has 3 heteroatoms. The highest BCUT2D eigenvalue weighted by Gasteiger charge is 2.07. The minimum atomic E-state index is 0.244. The van der Waals surface area contributed by atoms with Crippen molar-refractivity contribution in [1.82, 2.24) is 10.6 Å². The van der Waals surface area contributed by atoms with E-state index in [-0.39, 0.29) is 6.04 Å². The zero-order chi connectivity index (χ0) is 14.8. The van der Waals surface area contributed by atoms with Gasteiger partial charge in [0.05, 0.1) is 6.04 Å². The van der Waals surface area contributed by atoms with E-state index in [2.05, 4.69) is 65.9 Å². The van der Waals surface area contributed by atoms with Crippen LogP contribution in [0.2, 0.25) is 0 Å². The summed E-state index contributed by atoms with van der Waals surface area (Å²) in [5.74, 6) is 0.849. The zero-order valence-electron chi connectivity index (χ0n) is 13.1. The molecule has 1 atom stereocenters. The van der Waals surface area contributed by atoms with Gasteiger partial charge in [0.1, 0.15) is 0 Å². The second-order valence-corrected chi connectivity index (χ2v) is 4.82. The lowest BCUT2D eigenvalue weighted by atomic mass is 10.1. The van der Waals surface area contributed by atoms with Crippen LogP contribution in [0.5, 0.6) is 0 Å². The van der Waals surface area contributed by atoms with Crippen molar-refractivity contribution in [1.29, 1.82) is 0 Å². The smallest absolute Gasteiger partial charge is 0.191 e. The van der Waals surface area contributed by atoms with Gasteiger partial charge in [0.25, 0.3) is 0 Å². The molecule has 0 fully saturated rings. The van der Waals surface area contributed by atoms with Gasteiger partial charge in [-0.2, -0.15) is 0 Å². The van der Waals surface area contributed by atoms with Gasteiger partial charge in [-0.05, 0) is 37.8 Å². The monoisotopic (exact) mass is 273 g/mol. The molecule has 0 spiro atoms. The van der Waals surface area contributed by atoms with Crippen molar-refractivity contribution in [3.8, 4) is 0 Å². The molecule has 1 aromatic carbocycles. The average molecular weight is 273 g/mol. The Bertz CT molecular complexity index is 432. The van der Waals surface area contributed by atoms with Crippen LogP contribution in [0.4, 0.5) is 0 Å². The molecule has 2 N–H and O–H groups in total. The molecule has 0 radical (unpaired) electrons. The molecular formula is C17H27N3. The van der Waals surface area contributed by atoms with Crippen LogP contribution in [0.3, 0.4) is 0 Å². The van der Waals surface area contributed by atoms with Crippen molar-refractivity contribution in [3.05, 3.63) is 47.5 Å². The van der Waals surface area contributed by atoms with Crippen molar-refractivity contribution in [2.24, 2.45) is 4.99 Å². The first kappa shape index (κ1) is 16.3. The largest absolute Gasteiger partial charge is 0.356 e. The predicted molar refractivity (Wildman–Crippen MR) is 88.2 cm³/mol. The normalized spacial score (nSPS) is 13.5. The number of hydrogen-bond acceptors (Lipinski definition) is 1. The molecule has 0 saturated heterocycles. The number of aliphatic imine (C=N–C) groups is 1. The maximum absolute atomic E-state index is 4.26. The number of allylic oxidation sites excluding steroid dienone is 1. The number of guanidine groups is 1. The first-order chi connectivity index (χ1) is 9.71. The van der Waals surface area contributed by atoms with Crippen LogP contribution in [0.25, 0.3) is 0 Å². The maximum Gasteiger partial charge on any atom is 0.191 e. The van der Waals surface area contributed by atoms with Crippen LogP contribution in [-0.2, 0) is 6.42 Å². The molecule has 110 valence electrons. The number of hydrogen-bond donors (Lipinski definition) is 2. The van der Waals surface area contributed by atoms with E-state index < -0.39 is 0 Å². The van der Waals surface area contributed by atoms with Crippen LogP contribution in [-0.4, -0.2) is 19.6 Å². The van der Waals surface area contributed by atoms with E-state index in [1.54, 1.807) is 7.05 Å². The summed E-state index contributed by atoms with van der Waals surface area (Å²) in [4.78, 5) is 4.26. The molecule has 1 rings (SSSR count). The Kier molecular flexibility index (Phi) is 7.48. The number of aryl methyl sites for hydroxylation is 1. The summed E-state index contributed by atoms with van der Waals surface area (Å²) < 4.78 is 0. The van der Waals surface area contributed by atoms with Crippen molar-refractivity contribution in [2.45, 2.75) is 39.7 Å². The summed E-state index contributed by atoms with van der Waals surface area (Å²) in [6, 6.07) is 8.99. The highest BCUT2D eigenvalue weighted by Crippen LogP contribution is 2.13. The summed E-state index contributed by atoms with van der Waals surface area (Å²) in [6.07, 6.45) is 6.30. The van der Waals surface area contributed by atoms with Gasteiger partial charge in [0.2, 0.25) is 0 Å². The molecule has 20 heavy (non-hydrogen) atoms. The van der Waals surface area contributed by atoms with E-state index >= 15 is 0 Å². The molecule has 0 aliphatic carbocycles. The quantitative estimate of drug-likeness (QED) is 0.360. The Morgan fingerprint density at radius 2 is 2.00 bits per heavy atom. The minimum absolute atomic E-state index is 0.244. The van der Waals surface area contributed by atoms with Crippen molar-refractivity contribution < 1.29 is 0 Å². The number of nitrogens with one attached hydrogen (secondary N) is 2. The van der Waals surface area contributed by atoms with Crippen molar-refractivity contribution in [3.63, 3.8) is 0 Å². The second kappa shape index (κ2) is 9.18. The Labute approximate surface area is 123 Å². The molecule has 0 aliphatic rings. The van der Waals surface area contributed by atoms with Gasteiger partial charge >= 0.3 is 0 Å². The Hall–Kier alpha value is -1.77. The molecule has 1 unspecified atom stereocenters. The SMILES string of the molecule is C/C=C/CCNC(=NC)NC(C)c1ccc(CC)cc1. The molecule has 0 amide bonds. The Balaban J connectivity index is 2.51. The van der Waals surface area contributed by atoms with Crippen LogP contribution >= 0.6 is 0 Å².